The Morgan fingerprint density at radius 2 is 1.95 bits per heavy atom. The molecule has 0 aliphatic heterocycles. The molecule has 0 saturated heterocycles. The van der Waals surface area contributed by atoms with Gasteiger partial charge in [0, 0.05) is 12.0 Å². The van der Waals surface area contributed by atoms with Crippen molar-refractivity contribution in [1.82, 2.24) is 0 Å². The van der Waals surface area contributed by atoms with Crippen molar-refractivity contribution in [3.8, 4) is 11.5 Å². The molecule has 5 heteroatoms. The number of esters is 1. The number of ether oxygens (including phenoxy) is 2. The molecule has 0 saturated carbocycles. The van der Waals surface area contributed by atoms with E-state index in [1.54, 1.807) is 31.2 Å². The molecule has 0 aliphatic carbocycles. The third-order valence-electron chi connectivity index (χ3n) is 2.86. The van der Waals surface area contributed by atoms with Gasteiger partial charge in [-0.15, -0.1) is 0 Å². The van der Waals surface area contributed by atoms with Crippen molar-refractivity contribution < 1.29 is 24.2 Å². The standard InChI is InChI=1S/C16H20O5/c1-4-6-15(17)21-13-8-7-11(10-14(13)20-3)9-12(5-2)16(18)19/h7-10H,4-6H2,1-3H3,(H,18,19)/b12-9+. The Morgan fingerprint density at radius 3 is 2.48 bits per heavy atom. The van der Waals surface area contributed by atoms with Gasteiger partial charge in [0.25, 0.3) is 0 Å². The lowest BCUT2D eigenvalue weighted by Crippen LogP contribution is -2.07. The minimum absolute atomic E-state index is 0.299. The third kappa shape index (κ3) is 4.95. The number of carboxylic acids is 1. The summed E-state index contributed by atoms with van der Waals surface area (Å²) in [5.74, 6) is -0.538. The molecule has 0 aliphatic rings. The van der Waals surface area contributed by atoms with E-state index in [1.165, 1.54) is 7.11 Å². The summed E-state index contributed by atoms with van der Waals surface area (Å²) < 4.78 is 10.4. The van der Waals surface area contributed by atoms with E-state index in [0.717, 1.165) is 0 Å². The fraction of sp³-hybridized carbons (Fsp3) is 0.375. The highest BCUT2D eigenvalue weighted by Gasteiger charge is 2.11. The van der Waals surface area contributed by atoms with Gasteiger partial charge in [-0.1, -0.05) is 19.9 Å². The maximum absolute atomic E-state index is 11.5. The second-order valence-corrected chi connectivity index (χ2v) is 4.46. The highest BCUT2D eigenvalue weighted by atomic mass is 16.6. The highest BCUT2D eigenvalue weighted by molar-refractivity contribution is 5.92. The zero-order chi connectivity index (χ0) is 15.8. The summed E-state index contributed by atoms with van der Waals surface area (Å²) >= 11 is 0. The number of benzene rings is 1. The number of hydrogen-bond donors (Lipinski definition) is 1. The van der Waals surface area contributed by atoms with Crippen LogP contribution in [0.3, 0.4) is 0 Å². The van der Waals surface area contributed by atoms with E-state index in [1.807, 2.05) is 6.92 Å². The van der Waals surface area contributed by atoms with Crippen molar-refractivity contribution in [3.63, 3.8) is 0 Å². The number of carbonyl (C=O) groups is 2. The maximum Gasteiger partial charge on any atom is 0.331 e. The zero-order valence-electron chi connectivity index (χ0n) is 12.5. The van der Waals surface area contributed by atoms with Gasteiger partial charge in [0.1, 0.15) is 0 Å². The molecule has 1 rings (SSSR count). The van der Waals surface area contributed by atoms with E-state index in [4.69, 9.17) is 14.6 Å². The van der Waals surface area contributed by atoms with Gasteiger partial charge in [-0.2, -0.15) is 0 Å². The zero-order valence-corrected chi connectivity index (χ0v) is 12.5. The molecule has 1 aromatic rings. The maximum atomic E-state index is 11.5. The van der Waals surface area contributed by atoms with Crippen LogP contribution in [-0.2, 0) is 9.59 Å². The summed E-state index contributed by atoms with van der Waals surface area (Å²) in [5.41, 5.74) is 0.981. The summed E-state index contributed by atoms with van der Waals surface area (Å²) in [7, 11) is 1.47. The minimum atomic E-state index is -0.949. The van der Waals surface area contributed by atoms with Crippen LogP contribution in [-0.4, -0.2) is 24.2 Å². The van der Waals surface area contributed by atoms with Crippen molar-refractivity contribution in [2.24, 2.45) is 0 Å². The third-order valence-corrected chi connectivity index (χ3v) is 2.86. The molecule has 0 aromatic heterocycles. The van der Waals surface area contributed by atoms with Crippen LogP contribution in [0.4, 0.5) is 0 Å². The van der Waals surface area contributed by atoms with Crippen LogP contribution < -0.4 is 9.47 Å². The van der Waals surface area contributed by atoms with E-state index in [0.29, 0.717) is 41.9 Å². The van der Waals surface area contributed by atoms with Gasteiger partial charge >= 0.3 is 11.9 Å². The molecule has 5 nitrogen and oxygen atoms in total. The molecule has 114 valence electrons. The van der Waals surface area contributed by atoms with Crippen molar-refractivity contribution in [2.75, 3.05) is 7.11 Å². The van der Waals surface area contributed by atoms with Gasteiger partial charge in [0.2, 0.25) is 0 Å². The van der Waals surface area contributed by atoms with Crippen LogP contribution in [0, 0.1) is 0 Å². The molecule has 0 atom stereocenters. The Hall–Kier alpha value is -2.30. The molecule has 0 spiro atoms. The fourth-order valence-corrected chi connectivity index (χ4v) is 1.75. The quantitative estimate of drug-likeness (QED) is 0.474. The Labute approximate surface area is 124 Å². The van der Waals surface area contributed by atoms with Crippen molar-refractivity contribution in [1.29, 1.82) is 0 Å². The average Bonchev–Trinajstić information content (AvgIpc) is 2.45. The highest BCUT2D eigenvalue weighted by Crippen LogP contribution is 2.29. The monoisotopic (exact) mass is 292 g/mol. The molecular formula is C16H20O5. The topological polar surface area (TPSA) is 72.8 Å². The van der Waals surface area contributed by atoms with E-state index in [2.05, 4.69) is 0 Å². The Morgan fingerprint density at radius 1 is 1.24 bits per heavy atom. The lowest BCUT2D eigenvalue weighted by Gasteiger charge is -2.10. The summed E-state index contributed by atoms with van der Waals surface area (Å²) in [6.45, 7) is 3.67. The minimum Gasteiger partial charge on any atom is -0.493 e. The number of carboxylic acid groups (broad SMARTS) is 1. The van der Waals surface area contributed by atoms with Gasteiger partial charge < -0.3 is 14.6 Å². The lowest BCUT2D eigenvalue weighted by molar-refractivity contribution is -0.134. The first-order chi connectivity index (χ1) is 10.0. The first-order valence-electron chi connectivity index (χ1n) is 6.84. The Balaban J connectivity index is 3.03. The molecule has 21 heavy (non-hydrogen) atoms. The average molecular weight is 292 g/mol. The second-order valence-electron chi connectivity index (χ2n) is 4.46. The van der Waals surface area contributed by atoms with Gasteiger partial charge in [-0.3, -0.25) is 4.79 Å². The molecule has 1 aromatic carbocycles. The van der Waals surface area contributed by atoms with Crippen LogP contribution in [0.1, 0.15) is 38.7 Å². The smallest absolute Gasteiger partial charge is 0.331 e. The second kappa shape index (κ2) is 8.09. The summed E-state index contributed by atoms with van der Waals surface area (Å²) in [5, 5.41) is 9.02. The molecule has 0 unspecified atom stereocenters. The first-order valence-corrected chi connectivity index (χ1v) is 6.84. The SMILES string of the molecule is CCCC(=O)Oc1ccc(/C=C(\CC)C(=O)O)cc1OC. The lowest BCUT2D eigenvalue weighted by atomic mass is 10.1. The predicted molar refractivity (Wildman–Crippen MR) is 79.4 cm³/mol. The molecular weight excluding hydrogens is 272 g/mol. The Kier molecular flexibility index (Phi) is 6.46. The molecule has 0 fully saturated rings. The molecule has 0 bridgehead atoms. The fourth-order valence-electron chi connectivity index (χ4n) is 1.75. The Bertz CT molecular complexity index is 546. The number of methoxy groups -OCH3 is 1. The van der Waals surface area contributed by atoms with Crippen molar-refractivity contribution in [2.45, 2.75) is 33.1 Å². The summed E-state index contributed by atoms with van der Waals surface area (Å²) in [6, 6.07) is 4.94. The van der Waals surface area contributed by atoms with Crippen LogP contribution in [0.25, 0.3) is 6.08 Å². The van der Waals surface area contributed by atoms with Crippen LogP contribution in [0.2, 0.25) is 0 Å². The molecule has 1 N–H and O–H groups in total. The van der Waals surface area contributed by atoms with Crippen LogP contribution in [0.5, 0.6) is 11.5 Å². The number of rotatable bonds is 7. The summed E-state index contributed by atoms with van der Waals surface area (Å²) in [4.78, 5) is 22.5. The molecule has 0 amide bonds. The van der Waals surface area contributed by atoms with E-state index >= 15 is 0 Å². The van der Waals surface area contributed by atoms with Gasteiger partial charge in [-0.05, 0) is 36.6 Å². The van der Waals surface area contributed by atoms with E-state index in [-0.39, 0.29) is 5.97 Å². The predicted octanol–water partition coefficient (Wildman–Crippen LogP) is 3.28. The van der Waals surface area contributed by atoms with Crippen molar-refractivity contribution in [3.05, 3.63) is 29.3 Å². The number of carbonyl (C=O) groups excluding carboxylic acids is 1. The number of hydrogen-bond acceptors (Lipinski definition) is 4. The van der Waals surface area contributed by atoms with E-state index in [9.17, 15) is 9.59 Å². The first kappa shape index (κ1) is 16.8. The largest absolute Gasteiger partial charge is 0.493 e. The number of aliphatic carboxylic acids is 1. The van der Waals surface area contributed by atoms with Crippen molar-refractivity contribution >= 4 is 18.0 Å². The van der Waals surface area contributed by atoms with Crippen LogP contribution in [0.15, 0.2) is 23.8 Å². The van der Waals surface area contributed by atoms with E-state index < -0.39 is 5.97 Å². The van der Waals surface area contributed by atoms with Crippen LogP contribution >= 0.6 is 0 Å². The van der Waals surface area contributed by atoms with Gasteiger partial charge in [0.15, 0.2) is 11.5 Å². The molecule has 0 radical (unpaired) electrons. The van der Waals surface area contributed by atoms with Gasteiger partial charge in [0.05, 0.1) is 7.11 Å². The normalized spacial score (nSPS) is 11.1. The summed E-state index contributed by atoms with van der Waals surface area (Å²) in [6.07, 6.45) is 3.04. The molecule has 0 heterocycles. The van der Waals surface area contributed by atoms with Gasteiger partial charge in [-0.25, -0.2) is 4.79 Å².